The SMILES string of the molecule is CCC1=C(CC)c2cc3[n-]c(cc4[n-]c(cc5nc(cc1n2)C(CC)=C5CC)c(CC)c4CC)c(CC)c3CC.CCC1=C(CC)c2cc3[n-]c(cc4[n-]c(cc5nc(cc1n2)C(CC)=C5CC)c(CC)c4CC)c(CC)c3CC.O.[Cl][Ru+2].[Cl][Ru+2]. The zero-order valence-corrected chi connectivity index (χ0v) is 58.5. The molecule has 0 saturated heterocycles. The first-order chi connectivity index (χ1) is 40.9. The average molecular weight is 1360 g/mol. The van der Waals surface area contributed by atoms with Crippen LogP contribution in [0.1, 0.15) is 252 Å². The van der Waals surface area contributed by atoms with Gasteiger partial charge in [0.2, 0.25) is 0 Å². The van der Waals surface area contributed by atoms with Crippen molar-refractivity contribution >= 4 is 108 Å². The Balaban J connectivity index is 0.000000255. The van der Waals surface area contributed by atoms with E-state index in [1.165, 1.54) is 89.1 Å². The quantitative estimate of drug-likeness (QED) is 0.0873. The first-order valence-electron chi connectivity index (χ1n) is 31.4. The van der Waals surface area contributed by atoms with Gasteiger partial charge in [-0.15, -0.1) is 44.1 Å². The van der Waals surface area contributed by atoms with Crippen LogP contribution in [-0.4, -0.2) is 25.4 Å². The van der Waals surface area contributed by atoms with Gasteiger partial charge in [-0.2, -0.15) is 0 Å². The molecule has 10 rings (SSSR count). The second-order valence-electron chi connectivity index (χ2n) is 21.5. The fraction of sp³-hybridized carbons (Fsp3) is 0.444. The molecule has 2 N–H and O–H groups in total. The van der Waals surface area contributed by atoms with Crippen molar-refractivity contribution in [1.29, 1.82) is 0 Å². The average Bonchev–Trinajstić information content (AvgIpc) is 4.36. The number of hydrogen-bond acceptors (Lipinski definition) is 4. The molecule has 0 unspecified atom stereocenters. The van der Waals surface area contributed by atoms with Gasteiger partial charge in [0.15, 0.2) is 0 Å². The first-order valence-corrected chi connectivity index (χ1v) is 35.9. The van der Waals surface area contributed by atoms with Gasteiger partial charge in [0.1, 0.15) is 0 Å². The van der Waals surface area contributed by atoms with Crippen LogP contribution in [0, 0.1) is 0 Å². The van der Waals surface area contributed by atoms with Crippen molar-refractivity contribution in [1.82, 2.24) is 39.9 Å². The Morgan fingerprint density at radius 3 is 0.482 bits per heavy atom. The number of fused-ring (bicyclic) bond motifs is 16. The summed E-state index contributed by atoms with van der Waals surface area (Å²) in [6.45, 7) is 35.9. The monoisotopic (exact) mass is 1360 g/mol. The molecule has 454 valence electrons. The number of nitrogens with zero attached hydrogens (tertiary/aromatic N) is 8. The summed E-state index contributed by atoms with van der Waals surface area (Å²) < 4.78 is 0. The molecule has 0 aliphatic carbocycles. The van der Waals surface area contributed by atoms with Crippen molar-refractivity contribution in [3.63, 3.8) is 0 Å². The molecule has 9 nitrogen and oxygen atoms in total. The number of halogens is 2. The molecule has 0 atom stereocenters. The van der Waals surface area contributed by atoms with E-state index < -0.39 is 0 Å². The molecule has 0 fully saturated rings. The van der Waals surface area contributed by atoms with Gasteiger partial charge in [0, 0.05) is 0 Å². The van der Waals surface area contributed by atoms with E-state index >= 15 is 0 Å². The summed E-state index contributed by atoms with van der Waals surface area (Å²) in [5.74, 6) is 0. The molecule has 4 aliphatic rings. The molecule has 6 aromatic rings. The van der Waals surface area contributed by atoms with Crippen molar-refractivity contribution < 1.29 is 40.1 Å². The summed E-state index contributed by atoms with van der Waals surface area (Å²) in [6, 6.07) is 18.0. The Labute approximate surface area is 536 Å². The molecule has 6 aromatic heterocycles. The van der Waals surface area contributed by atoms with E-state index in [1.54, 1.807) is 0 Å². The van der Waals surface area contributed by atoms with E-state index in [9.17, 15) is 0 Å². The second kappa shape index (κ2) is 31.8. The molecule has 4 aliphatic heterocycles. The Bertz CT molecular complexity index is 3390. The van der Waals surface area contributed by atoms with Crippen LogP contribution in [0.4, 0.5) is 0 Å². The molecule has 0 radical (unpaired) electrons. The van der Waals surface area contributed by atoms with E-state index in [0.29, 0.717) is 0 Å². The van der Waals surface area contributed by atoms with Gasteiger partial charge in [0.25, 0.3) is 0 Å². The molecule has 0 saturated carbocycles. The molecule has 13 heteroatoms. The van der Waals surface area contributed by atoms with Gasteiger partial charge in [-0.25, -0.2) is 19.9 Å². The standard InChI is InChI=1S/2C36H44N4.2ClH.H2O.2Ru/c2*1-9-21-22(10-2)30-18-32-25(13-5)26(14-6)34(39-32)20-36-28(16-8)27(15-7)35(40-36)19-33-24(12-4)23(11-3)31(38-33)17-29(21)37-30;;;;;/h2*17-20H,9-16H2,1-8H3;2*1H;1H2;;/q2*-2;;;;2*+3/p-2. The number of allylic oxidation sites excluding steroid dienone is 8. The van der Waals surface area contributed by atoms with E-state index in [4.69, 9.17) is 39.9 Å². The summed E-state index contributed by atoms with van der Waals surface area (Å²) in [5.41, 5.74) is 38.3. The topological polar surface area (TPSA) is 139 Å². The number of rotatable bonds is 16. The predicted molar refractivity (Wildman–Crippen MR) is 358 cm³/mol. The zero-order chi connectivity index (χ0) is 61.1. The van der Waals surface area contributed by atoms with Crippen LogP contribution in [0.15, 0.2) is 48.5 Å². The van der Waals surface area contributed by atoms with Crippen LogP contribution >= 0.6 is 19.4 Å². The fourth-order valence-electron chi connectivity index (χ4n) is 13.8. The number of hydrogen-bond donors (Lipinski definition) is 0. The van der Waals surface area contributed by atoms with Gasteiger partial charge in [0.05, 0.1) is 45.6 Å². The summed E-state index contributed by atoms with van der Waals surface area (Å²) in [6.07, 6.45) is 15.2. The summed E-state index contributed by atoms with van der Waals surface area (Å²) in [5, 5.41) is 0. The third-order valence-corrected chi connectivity index (χ3v) is 17.6. The molecule has 10 heterocycles. The molecular weight excluding hydrogens is 1270 g/mol. The molecule has 16 bridgehead atoms. The molecule has 0 spiro atoms. The minimum atomic E-state index is 0. The van der Waals surface area contributed by atoms with Gasteiger partial charge in [-0.1, -0.05) is 192 Å². The van der Waals surface area contributed by atoms with Crippen LogP contribution in [0.2, 0.25) is 0 Å². The zero-order valence-electron chi connectivity index (χ0n) is 53.5. The number of aryl methyl sites for hydroxylation is 8. The summed E-state index contributed by atoms with van der Waals surface area (Å²) >= 11 is 3.64. The van der Waals surface area contributed by atoms with E-state index in [-0.39, 0.29) is 5.48 Å². The van der Waals surface area contributed by atoms with Crippen LogP contribution in [0.25, 0.3) is 88.7 Å². The second-order valence-corrected chi connectivity index (χ2v) is 21.5. The van der Waals surface area contributed by atoms with Crippen LogP contribution in [-0.2, 0) is 86.0 Å². The van der Waals surface area contributed by atoms with Crippen molar-refractivity contribution in [2.24, 2.45) is 0 Å². The van der Waals surface area contributed by atoms with E-state index in [2.05, 4.69) is 179 Å². The van der Waals surface area contributed by atoms with Crippen molar-refractivity contribution in [3.05, 3.63) is 139 Å². The van der Waals surface area contributed by atoms with Gasteiger partial charge < -0.3 is 25.4 Å². The normalized spacial score (nSPS) is 12.9. The van der Waals surface area contributed by atoms with Gasteiger partial charge in [-0.3, -0.25) is 0 Å². The Morgan fingerprint density at radius 1 is 0.224 bits per heavy atom. The number of aromatic nitrogens is 8. The summed E-state index contributed by atoms with van der Waals surface area (Å²) in [4.78, 5) is 42.0. The maximum absolute atomic E-state index is 5.25. The van der Waals surface area contributed by atoms with Crippen LogP contribution in [0.5, 0.6) is 0 Å². The minimum absolute atomic E-state index is 0. The first kappa shape index (κ1) is 69.1. The van der Waals surface area contributed by atoms with Crippen molar-refractivity contribution in [2.45, 2.75) is 214 Å². The Hall–Kier alpha value is -5.01. The predicted octanol–water partition coefficient (Wildman–Crippen LogP) is 19.1. The third-order valence-electron chi connectivity index (χ3n) is 17.6. The van der Waals surface area contributed by atoms with Crippen molar-refractivity contribution in [2.75, 3.05) is 0 Å². The van der Waals surface area contributed by atoms with Crippen LogP contribution < -0.4 is 19.9 Å². The Morgan fingerprint density at radius 2 is 0.353 bits per heavy atom. The molecule has 0 aromatic carbocycles. The molecule has 0 amide bonds. The molecule has 85 heavy (non-hydrogen) atoms. The van der Waals surface area contributed by atoms with E-state index in [1.807, 2.05) is 34.6 Å². The van der Waals surface area contributed by atoms with Crippen molar-refractivity contribution in [3.8, 4) is 0 Å². The van der Waals surface area contributed by atoms with Gasteiger partial charge in [-0.05, 0) is 159 Å². The fourth-order valence-corrected chi connectivity index (χ4v) is 13.8. The van der Waals surface area contributed by atoms with E-state index in [0.717, 1.165) is 192 Å². The third kappa shape index (κ3) is 13.4. The molecular formula is C72H90Cl2N8ORu2. The van der Waals surface area contributed by atoms with Crippen LogP contribution in [0.3, 0.4) is 0 Å². The maximum atomic E-state index is 5.25. The Kier molecular flexibility index (Phi) is 25.8. The summed E-state index contributed by atoms with van der Waals surface area (Å²) in [7, 11) is 9.14. The van der Waals surface area contributed by atoms with Gasteiger partial charge >= 0.3 is 54.0 Å².